The maximum absolute atomic E-state index is 12.9. The van der Waals surface area contributed by atoms with E-state index in [-0.39, 0.29) is 5.91 Å². The van der Waals surface area contributed by atoms with Crippen molar-refractivity contribution in [2.24, 2.45) is 0 Å². The van der Waals surface area contributed by atoms with Gasteiger partial charge in [-0.2, -0.15) is 5.10 Å². The van der Waals surface area contributed by atoms with Crippen LogP contribution in [-0.2, 0) is 19.6 Å². The smallest absolute Gasteiger partial charge is 0.270 e. The third kappa shape index (κ3) is 3.96. The van der Waals surface area contributed by atoms with E-state index in [1.54, 1.807) is 11.0 Å². The summed E-state index contributed by atoms with van der Waals surface area (Å²) in [5.74, 6) is 1.15. The molecule has 6 rings (SSSR count). The molecule has 1 N–H and O–H groups in total. The lowest BCUT2D eigenvalue weighted by molar-refractivity contribution is 0.0925. The fourth-order valence-electron chi connectivity index (χ4n) is 4.78. The number of hydrogen-bond acceptors (Lipinski definition) is 5. The van der Waals surface area contributed by atoms with E-state index in [1.165, 1.54) is 5.56 Å². The van der Waals surface area contributed by atoms with Crippen LogP contribution in [0.25, 0.3) is 28.6 Å². The average Bonchev–Trinajstić information content (AvgIpc) is 3.54. The first-order valence-corrected chi connectivity index (χ1v) is 12.3. The minimum atomic E-state index is -0.124. The number of aromatic nitrogens is 4. The molecule has 0 saturated carbocycles. The molecular weight excluding hydrogens is 450 g/mol. The molecule has 0 unspecified atom stereocenters. The predicted octanol–water partition coefficient (Wildman–Crippen LogP) is 5.02. The Morgan fingerprint density at radius 2 is 1.83 bits per heavy atom. The third-order valence-corrected chi connectivity index (χ3v) is 6.76. The second-order valence-corrected chi connectivity index (χ2v) is 9.45. The molecule has 0 fully saturated rings. The van der Waals surface area contributed by atoms with Gasteiger partial charge in [-0.25, -0.2) is 9.97 Å². The van der Waals surface area contributed by atoms with Crippen molar-refractivity contribution < 1.29 is 9.53 Å². The van der Waals surface area contributed by atoms with Crippen LogP contribution in [0.4, 0.5) is 0 Å². The van der Waals surface area contributed by atoms with Crippen molar-refractivity contribution in [2.45, 2.75) is 39.3 Å². The highest BCUT2D eigenvalue weighted by atomic mass is 16.5. The largest absolute Gasteiger partial charge is 0.489 e. The molecule has 0 radical (unpaired) electrons. The molecule has 3 heterocycles. The van der Waals surface area contributed by atoms with Crippen LogP contribution in [0.2, 0.25) is 0 Å². The quantitative estimate of drug-likeness (QED) is 0.422. The van der Waals surface area contributed by atoms with Gasteiger partial charge >= 0.3 is 0 Å². The summed E-state index contributed by atoms with van der Waals surface area (Å²) < 4.78 is 7.84. The molecule has 4 aromatic rings. The van der Waals surface area contributed by atoms with E-state index in [2.05, 4.69) is 59.5 Å². The molecule has 0 spiro atoms. The van der Waals surface area contributed by atoms with Gasteiger partial charge in [0, 0.05) is 24.1 Å². The first-order valence-electron chi connectivity index (χ1n) is 12.3. The van der Waals surface area contributed by atoms with Crippen molar-refractivity contribution in [3.63, 3.8) is 0 Å². The molecule has 1 amide bonds. The molecule has 36 heavy (non-hydrogen) atoms. The lowest BCUT2D eigenvalue weighted by Crippen LogP contribution is -2.35. The van der Waals surface area contributed by atoms with Crippen molar-refractivity contribution in [1.82, 2.24) is 25.1 Å². The minimum Gasteiger partial charge on any atom is -0.489 e. The van der Waals surface area contributed by atoms with Crippen LogP contribution in [0.5, 0.6) is 5.75 Å². The molecule has 0 saturated heterocycles. The maximum Gasteiger partial charge on any atom is 0.270 e. The fourth-order valence-corrected chi connectivity index (χ4v) is 4.78. The molecule has 2 aliphatic rings. The number of allylic oxidation sites excluding steroid dienone is 1. The van der Waals surface area contributed by atoms with Gasteiger partial charge in [0.05, 0.1) is 12.2 Å². The number of carbonyl (C=O) groups excluding carboxylic acids is 1. The summed E-state index contributed by atoms with van der Waals surface area (Å²) in [7, 11) is 0. The van der Waals surface area contributed by atoms with E-state index >= 15 is 0 Å². The second-order valence-electron chi connectivity index (χ2n) is 9.45. The third-order valence-electron chi connectivity index (χ3n) is 6.76. The Morgan fingerprint density at radius 3 is 2.61 bits per heavy atom. The van der Waals surface area contributed by atoms with E-state index in [4.69, 9.17) is 9.84 Å². The molecule has 2 aromatic carbocycles. The van der Waals surface area contributed by atoms with Crippen molar-refractivity contribution in [3.8, 4) is 28.3 Å². The Labute approximate surface area is 209 Å². The van der Waals surface area contributed by atoms with E-state index in [1.807, 2.05) is 30.3 Å². The predicted molar refractivity (Wildman–Crippen MR) is 139 cm³/mol. The van der Waals surface area contributed by atoms with Gasteiger partial charge < -0.3 is 10.1 Å². The molecule has 2 aromatic heterocycles. The average molecular weight is 478 g/mol. The highest BCUT2D eigenvalue weighted by Gasteiger charge is 2.30. The van der Waals surface area contributed by atoms with Gasteiger partial charge in [-0.1, -0.05) is 62.4 Å². The van der Waals surface area contributed by atoms with Crippen LogP contribution >= 0.6 is 0 Å². The molecule has 180 valence electrons. The lowest BCUT2D eigenvalue weighted by atomic mass is 9.98. The van der Waals surface area contributed by atoms with Gasteiger partial charge in [-0.15, -0.1) is 0 Å². The lowest BCUT2D eigenvalue weighted by Gasteiger charge is -2.15. The topological polar surface area (TPSA) is 81.9 Å². The summed E-state index contributed by atoms with van der Waals surface area (Å²) >= 11 is 0. The van der Waals surface area contributed by atoms with Crippen molar-refractivity contribution in [2.75, 3.05) is 6.54 Å². The number of nitrogens with zero attached hydrogens (tertiary/aromatic N) is 4. The Morgan fingerprint density at radius 1 is 1.03 bits per heavy atom. The zero-order valence-corrected chi connectivity index (χ0v) is 20.4. The summed E-state index contributed by atoms with van der Waals surface area (Å²) in [6, 6.07) is 16.4. The van der Waals surface area contributed by atoms with Gasteiger partial charge in [0.1, 0.15) is 35.8 Å². The minimum absolute atomic E-state index is 0.124. The van der Waals surface area contributed by atoms with Crippen LogP contribution in [0.15, 0.2) is 60.9 Å². The Bertz CT molecular complexity index is 1470. The van der Waals surface area contributed by atoms with Crippen LogP contribution in [0.3, 0.4) is 0 Å². The molecule has 7 nitrogen and oxygen atoms in total. The van der Waals surface area contributed by atoms with Crippen LogP contribution < -0.4 is 10.1 Å². The number of benzene rings is 2. The number of fused-ring (bicyclic) bond motifs is 2. The van der Waals surface area contributed by atoms with Crippen LogP contribution in [0, 0.1) is 0 Å². The van der Waals surface area contributed by atoms with Gasteiger partial charge in [0.2, 0.25) is 0 Å². The summed E-state index contributed by atoms with van der Waals surface area (Å²) in [6.07, 6.45) is 6.47. The van der Waals surface area contributed by atoms with E-state index in [0.29, 0.717) is 37.0 Å². The number of nitrogens with one attached hydrogen (secondary N) is 1. The fraction of sp³-hybridized carbons (Fsp3) is 0.241. The van der Waals surface area contributed by atoms with Crippen LogP contribution in [0.1, 0.15) is 52.6 Å². The first kappa shape index (κ1) is 22.2. The van der Waals surface area contributed by atoms with E-state index < -0.39 is 0 Å². The Hall–Kier alpha value is -4.26. The SMILES string of the molecule is CC(C)c1ccc(COc2ccc(-c3c(-c4ncnc5c4C=CC5)nn4c3C(=O)NCC4)cc2)cc1. The van der Waals surface area contributed by atoms with Gasteiger partial charge in [0.25, 0.3) is 5.91 Å². The zero-order chi connectivity index (χ0) is 24.6. The molecule has 0 bridgehead atoms. The summed E-state index contributed by atoms with van der Waals surface area (Å²) in [4.78, 5) is 21.9. The zero-order valence-electron chi connectivity index (χ0n) is 20.4. The number of rotatable bonds is 6. The van der Waals surface area contributed by atoms with Crippen LogP contribution in [-0.4, -0.2) is 32.2 Å². The number of amides is 1. The first-order chi connectivity index (χ1) is 17.6. The standard InChI is InChI=1S/C29H27N5O2/c1-18(2)20-8-6-19(7-9-20)16-36-22-12-10-21(11-13-22)25-27(33-34-15-14-30-29(35)28(25)34)26-23-4-3-5-24(23)31-17-32-26/h3-4,6-13,17-18H,5,14-16H2,1-2H3,(H,30,35). The van der Waals surface area contributed by atoms with Gasteiger partial charge in [-0.05, 0) is 34.7 Å². The van der Waals surface area contributed by atoms with Gasteiger partial charge in [-0.3, -0.25) is 9.48 Å². The van der Waals surface area contributed by atoms with Crippen molar-refractivity contribution in [3.05, 3.63) is 89.0 Å². The number of carbonyl (C=O) groups is 1. The molecule has 7 heteroatoms. The number of ether oxygens (including phenoxy) is 1. The van der Waals surface area contributed by atoms with Crippen molar-refractivity contribution >= 4 is 12.0 Å². The molecule has 1 aliphatic heterocycles. The second kappa shape index (κ2) is 9.07. The Kier molecular flexibility index (Phi) is 5.60. The van der Waals surface area contributed by atoms with E-state index in [9.17, 15) is 4.79 Å². The summed E-state index contributed by atoms with van der Waals surface area (Å²) in [5.41, 5.74) is 8.08. The van der Waals surface area contributed by atoms with E-state index in [0.717, 1.165) is 45.8 Å². The normalized spacial score (nSPS) is 14.0. The highest BCUT2D eigenvalue weighted by molar-refractivity contribution is 6.03. The monoisotopic (exact) mass is 477 g/mol. The van der Waals surface area contributed by atoms with Gasteiger partial charge in [0.15, 0.2) is 0 Å². The highest BCUT2D eigenvalue weighted by Crippen LogP contribution is 2.38. The summed E-state index contributed by atoms with van der Waals surface area (Å²) in [6.45, 7) is 6.05. The van der Waals surface area contributed by atoms with Crippen molar-refractivity contribution in [1.29, 1.82) is 0 Å². The molecular formula is C29H27N5O2. The molecule has 1 aliphatic carbocycles. The number of hydrogen-bond donors (Lipinski definition) is 1. The Balaban J connectivity index is 1.33. The summed E-state index contributed by atoms with van der Waals surface area (Å²) in [5, 5.41) is 7.80. The molecule has 0 atom stereocenters. The maximum atomic E-state index is 12.9.